The number of nitrogens with two attached hydrogens (primary N) is 1. The van der Waals surface area contributed by atoms with E-state index in [0.717, 1.165) is 5.69 Å². The second-order valence-electron chi connectivity index (χ2n) is 5.01. The summed E-state index contributed by atoms with van der Waals surface area (Å²) in [7, 11) is 1.66. The minimum Gasteiger partial charge on any atom is -0.383 e. The van der Waals surface area contributed by atoms with Crippen LogP contribution in [0.25, 0.3) is 0 Å². The van der Waals surface area contributed by atoms with Gasteiger partial charge in [0.05, 0.1) is 13.2 Å². The summed E-state index contributed by atoms with van der Waals surface area (Å²) in [5, 5.41) is 6.50. The van der Waals surface area contributed by atoms with Crippen LogP contribution in [0.5, 0.6) is 0 Å². The average Bonchev–Trinajstić information content (AvgIpc) is 2.44. The van der Waals surface area contributed by atoms with Crippen LogP contribution < -0.4 is 16.4 Å². The van der Waals surface area contributed by atoms with E-state index in [9.17, 15) is 0 Å². The van der Waals surface area contributed by atoms with Gasteiger partial charge in [-0.05, 0) is 18.1 Å². The third-order valence-electron chi connectivity index (χ3n) is 3.00. The summed E-state index contributed by atoms with van der Waals surface area (Å²) in [6, 6.07) is 10.4. The van der Waals surface area contributed by atoms with E-state index in [1.54, 1.807) is 7.11 Å². The van der Waals surface area contributed by atoms with E-state index >= 15 is 0 Å². The highest BCUT2D eigenvalue weighted by atomic mass is 127. The van der Waals surface area contributed by atoms with Crippen molar-refractivity contribution in [1.29, 1.82) is 0 Å². The maximum absolute atomic E-state index is 5.81. The second-order valence-corrected chi connectivity index (χ2v) is 5.01. The van der Waals surface area contributed by atoms with E-state index in [4.69, 9.17) is 10.5 Å². The lowest BCUT2D eigenvalue weighted by molar-refractivity contribution is 0.204. The Morgan fingerprint density at radius 3 is 2.52 bits per heavy atom. The molecule has 0 fully saturated rings. The summed E-state index contributed by atoms with van der Waals surface area (Å²) in [4.78, 5) is 4.38. The first-order valence-electron chi connectivity index (χ1n) is 6.97. The van der Waals surface area contributed by atoms with Crippen LogP contribution in [-0.2, 0) is 4.74 Å². The Kier molecular flexibility index (Phi) is 11.1. The molecule has 0 saturated carbocycles. The number of halogens is 1. The lowest BCUT2D eigenvalue weighted by Crippen LogP contribution is -2.36. The number of rotatable bonds is 8. The van der Waals surface area contributed by atoms with Crippen molar-refractivity contribution in [2.24, 2.45) is 16.6 Å². The summed E-state index contributed by atoms with van der Waals surface area (Å²) in [6.07, 6.45) is 0. The molecular formula is C15H27IN4O. The fraction of sp³-hybridized carbons (Fsp3) is 0.533. The largest absolute Gasteiger partial charge is 0.383 e. The molecule has 4 N–H and O–H groups in total. The number of aliphatic imine (C=N–C) groups is 1. The van der Waals surface area contributed by atoms with Gasteiger partial charge in [-0.25, -0.2) is 0 Å². The van der Waals surface area contributed by atoms with Gasteiger partial charge in [0, 0.05) is 25.4 Å². The number of hydrogen-bond acceptors (Lipinski definition) is 3. The van der Waals surface area contributed by atoms with Gasteiger partial charge in [-0.1, -0.05) is 32.0 Å². The molecule has 6 heteroatoms. The maximum Gasteiger partial charge on any atom is 0.188 e. The molecule has 0 aliphatic rings. The van der Waals surface area contributed by atoms with Crippen LogP contribution in [0.4, 0.5) is 5.69 Å². The van der Waals surface area contributed by atoms with Crippen molar-refractivity contribution in [2.45, 2.75) is 19.9 Å². The molecule has 0 aliphatic carbocycles. The predicted octanol–water partition coefficient (Wildman–Crippen LogP) is 2.29. The first kappa shape index (κ1) is 20.0. The molecule has 0 saturated heterocycles. The monoisotopic (exact) mass is 406 g/mol. The van der Waals surface area contributed by atoms with Crippen LogP contribution in [0.15, 0.2) is 35.3 Å². The minimum absolute atomic E-state index is 0. The number of benzene rings is 1. The van der Waals surface area contributed by atoms with Crippen LogP contribution in [0.3, 0.4) is 0 Å². The zero-order chi connectivity index (χ0) is 14.8. The summed E-state index contributed by atoms with van der Waals surface area (Å²) in [6.45, 7) is 6.27. The minimum atomic E-state index is 0. The van der Waals surface area contributed by atoms with Crippen molar-refractivity contribution in [2.75, 3.05) is 32.1 Å². The number of nitrogens with one attached hydrogen (secondary N) is 2. The smallest absolute Gasteiger partial charge is 0.188 e. The summed E-state index contributed by atoms with van der Waals surface area (Å²) in [5.41, 5.74) is 6.92. The maximum atomic E-state index is 5.81. The van der Waals surface area contributed by atoms with E-state index < -0.39 is 0 Å². The highest BCUT2D eigenvalue weighted by Crippen LogP contribution is 2.12. The van der Waals surface area contributed by atoms with Crippen molar-refractivity contribution in [3.8, 4) is 0 Å². The highest BCUT2D eigenvalue weighted by molar-refractivity contribution is 14.0. The average molecular weight is 406 g/mol. The molecule has 0 heterocycles. The number of hydrogen-bond donors (Lipinski definition) is 3. The zero-order valence-corrected chi connectivity index (χ0v) is 15.3. The van der Waals surface area contributed by atoms with Crippen LogP contribution in [0, 0.1) is 5.92 Å². The van der Waals surface area contributed by atoms with Crippen LogP contribution in [-0.4, -0.2) is 38.8 Å². The van der Waals surface area contributed by atoms with E-state index in [2.05, 4.69) is 41.6 Å². The molecular weight excluding hydrogens is 379 g/mol. The van der Waals surface area contributed by atoms with Crippen molar-refractivity contribution in [3.05, 3.63) is 30.3 Å². The van der Waals surface area contributed by atoms with Crippen molar-refractivity contribution >= 4 is 35.6 Å². The van der Waals surface area contributed by atoms with Gasteiger partial charge in [-0.2, -0.15) is 0 Å². The standard InChI is InChI=1S/C15H26N4O.HI/c1-12(2)14(19-13-7-5-4-6-8-13)11-18-15(16)17-9-10-20-3;/h4-8,12,14,19H,9-11H2,1-3H3,(H3,16,17,18);1H. The molecule has 1 atom stereocenters. The Balaban J connectivity index is 0.00000400. The Hall–Kier alpha value is -1.02. The zero-order valence-electron chi connectivity index (χ0n) is 13.0. The Morgan fingerprint density at radius 1 is 1.29 bits per heavy atom. The number of anilines is 1. The van der Waals surface area contributed by atoms with Gasteiger partial charge in [-0.3, -0.25) is 4.99 Å². The van der Waals surface area contributed by atoms with Crippen molar-refractivity contribution < 1.29 is 4.74 Å². The van der Waals surface area contributed by atoms with Gasteiger partial charge in [0.2, 0.25) is 0 Å². The quantitative estimate of drug-likeness (QED) is 0.268. The molecule has 1 unspecified atom stereocenters. The number of methoxy groups -OCH3 is 1. The molecule has 0 amide bonds. The third-order valence-corrected chi connectivity index (χ3v) is 3.00. The molecule has 21 heavy (non-hydrogen) atoms. The molecule has 0 radical (unpaired) electrons. The van der Waals surface area contributed by atoms with E-state index in [1.807, 2.05) is 18.2 Å². The number of guanidine groups is 1. The topological polar surface area (TPSA) is 71.7 Å². The molecule has 5 nitrogen and oxygen atoms in total. The fourth-order valence-corrected chi connectivity index (χ4v) is 1.71. The Morgan fingerprint density at radius 2 is 1.95 bits per heavy atom. The number of nitrogens with zero attached hydrogens (tertiary/aromatic N) is 1. The second kappa shape index (κ2) is 11.6. The van der Waals surface area contributed by atoms with Gasteiger partial charge < -0.3 is 21.1 Å². The van der Waals surface area contributed by atoms with Gasteiger partial charge >= 0.3 is 0 Å². The molecule has 0 spiro atoms. The highest BCUT2D eigenvalue weighted by Gasteiger charge is 2.12. The molecule has 0 aliphatic heterocycles. The van der Waals surface area contributed by atoms with Gasteiger partial charge in [-0.15, -0.1) is 24.0 Å². The number of para-hydroxylation sites is 1. The summed E-state index contributed by atoms with van der Waals surface area (Å²) in [5.74, 6) is 0.924. The molecule has 1 rings (SSSR count). The summed E-state index contributed by atoms with van der Waals surface area (Å²) < 4.78 is 4.95. The first-order valence-corrected chi connectivity index (χ1v) is 6.97. The van der Waals surface area contributed by atoms with E-state index in [1.165, 1.54) is 0 Å². The SMILES string of the molecule is COCCNC(N)=NCC(Nc1ccccc1)C(C)C.I. The van der Waals surface area contributed by atoms with Crippen LogP contribution in [0.1, 0.15) is 13.8 Å². The number of ether oxygens (including phenoxy) is 1. The van der Waals surface area contributed by atoms with E-state index in [0.29, 0.717) is 31.6 Å². The predicted molar refractivity (Wildman–Crippen MR) is 100 cm³/mol. The first-order chi connectivity index (χ1) is 9.63. The van der Waals surface area contributed by atoms with Gasteiger partial charge in [0.15, 0.2) is 5.96 Å². The Bertz CT molecular complexity index is 398. The lowest BCUT2D eigenvalue weighted by atomic mass is 10.0. The van der Waals surface area contributed by atoms with Crippen molar-refractivity contribution in [3.63, 3.8) is 0 Å². The third kappa shape index (κ3) is 8.77. The van der Waals surface area contributed by atoms with Crippen LogP contribution in [0.2, 0.25) is 0 Å². The molecule has 120 valence electrons. The van der Waals surface area contributed by atoms with Crippen LogP contribution >= 0.6 is 24.0 Å². The molecule has 1 aromatic rings. The van der Waals surface area contributed by atoms with Gasteiger partial charge in [0.1, 0.15) is 0 Å². The summed E-state index contributed by atoms with van der Waals surface area (Å²) >= 11 is 0. The molecule has 0 aromatic heterocycles. The fourth-order valence-electron chi connectivity index (χ4n) is 1.71. The lowest BCUT2D eigenvalue weighted by Gasteiger charge is -2.22. The van der Waals surface area contributed by atoms with Gasteiger partial charge in [0.25, 0.3) is 0 Å². The van der Waals surface area contributed by atoms with Crippen molar-refractivity contribution in [1.82, 2.24) is 5.32 Å². The van der Waals surface area contributed by atoms with E-state index in [-0.39, 0.29) is 30.0 Å². The Labute approximate surface area is 144 Å². The molecule has 0 bridgehead atoms. The normalized spacial score (nSPS) is 12.7. The molecule has 1 aromatic carbocycles.